The number of halogens is 2. The molecule has 0 spiro atoms. The molecule has 0 heterocycles. The van der Waals surface area contributed by atoms with Crippen LogP contribution in [0, 0.1) is 11.6 Å². The Labute approximate surface area is 110 Å². The molecule has 1 rings (SSSR count). The Kier molecular flexibility index (Phi) is 4.64. The summed E-state index contributed by atoms with van der Waals surface area (Å²) >= 11 is 0. The highest BCUT2D eigenvalue weighted by atomic mass is 19.1. The molecule has 104 valence electrons. The fourth-order valence-corrected chi connectivity index (χ4v) is 1.33. The van der Waals surface area contributed by atoms with Crippen LogP contribution in [0.15, 0.2) is 18.2 Å². The molecule has 1 aromatic carbocycles. The SMILES string of the molecule is COc1cc(F)c(/C=C/C(=O)OC(C)(C)C)c(F)c1. The van der Waals surface area contributed by atoms with Gasteiger partial charge >= 0.3 is 5.97 Å². The second kappa shape index (κ2) is 5.82. The number of benzene rings is 1. The highest BCUT2D eigenvalue weighted by molar-refractivity contribution is 5.87. The average Bonchev–Trinajstić information content (AvgIpc) is 2.25. The molecule has 0 aromatic heterocycles. The van der Waals surface area contributed by atoms with Gasteiger partial charge < -0.3 is 9.47 Å². The first-order chi connectivity index (χ1) is 8.73. The lowest BCUT2D eigenvalue weighted by molar-refractivity contribution is -0.148. The first-order valence-corrected chi connectivity index (χ1v) is 5.67. The normalized spacial score (nSPS) is 11.7. The maximum Gasteiger partial charge on any atom is 0.331 e. The number of hydrogen-bond donors (Lipinski definition) is 0. The zero-order valence-corrected chi connectivity index (χ0v) is 11.3. The molecule has 5 heteroatoms. The third-order valence-electron chi connectivity index (χ3n) is 2.08. The molecule has 0 atom stereocenters. The molecule has 0 amide bonds. The van der Waals surface area contributed by atoms with Gasteiger partial charge in [-0.3, -0.25) is 0 Å². The van der Waals surface area contributed by atoms with Gasteiger partial charge in [-0.15, -0.1) is 0 Å². The minimum atomic E-state index is -0.809. The number of esters is 1. The van der Waals surface area contributed by atoms with E-state index in [1.807, 2.05) is 0 Å². The van der Waals surface area contributed by atoms with Gasteiger partial charge in [0.15, 0.2) is 0 Å². The van der Waals surface area contributed by atoms with E-state index in [0.717, 1.165) is 24.3 Å². The highest BCUT2D eigenvalue weighted by Gasteiger charge is 2.15. The van der Waals surface area contributed by atoms with E-state index in [9.17, 15) is 13.6 Å². The van der Waals surface area contributed by atoms with Gasteiger partial charge in [0.05, 0.1) is 7.11 Å². The van der Waals surface area contributed by atoms with E-state index in [1.165, 1.54) is 7.11 Å². The van der Waals surface area contributed by atoms with Crippen LogP contribution in [0.2, 0.25) is 0 Å². The summed E-state index contributed by atoms with van der Waals surface area (Å²) in [4.78, 5) is 11.4. The molecular weight excluding hydrogens is 254 g/mol. The molecule has 0 aliphatic heterocycles. The first kappa shape index (κ1) is 15.1. The average molecular weight is 270 g/mol. The van der Waals surface area contributed by atoms with Crippen molar-refractivity contribution < 1.29 is 23.0 Å². The first-order valence-electron chi connectivity index (χ1n) is 5.67. The van der Waals surface area contributed by atoms with E-state index < -0.39 is 23.2 Å². The maximum absolute atomic E-state index is 13.6. The Bertz CT molecular complexity index is 479. The van der Waals surface area contributed by atoms with Gasteiger partial charge in [-0.1, -0.05) is 0 Å². The standard InChI is InChI=1S/C14H16F2O3/c1-14(2,3)19-13(17)6-5-10-11(15)7-9(18-4)8-12(10)16/h5-8H,1-4H3/b6-5+. The molecule has 0 bridgehead atoms. The Morgan fingerprint density at radius 2 is 1.74 bits per heavy atom. The van der Waals surface area contributed by atoms with E-state index >= 15 is 0 Å². The van der Waals surface area contributed by atoms with Crippen molar-refractivity contribution in [3.05, 3.63) is 35.4 Å². The lowest BCUT2D eigenvalue weighted by Crippen LogP contribution is -2.22. The Hall–Kier alpha value is -1.91. The Morgan fingerprint density at radius 3 is 2.16 bits per heavy atom. The van der Waals surface area contributed by atoms with Crippen molar-refractivity contribution in [3.8, 4) is 5.75 Å². The van der Waals surface area contributed by atoms with Crippen molar-refractivity contribution in [2.75, 3.05) is 7.11 Å². The molecule has 0 unspecified atom stereocenters. The van der Waals surface area contributed by atoms with Crippen LogP contribution >= 0.6 is 0 Å². The van der Waals surface area contributed by atoms with Crippen molar-refractivity contribution in [3.63, 3.8) is 0 Å². The van der Waals surface area contributed by atoms with Crippen molar-refractivity contribution in [1.29, 1.82) is 0 Å². The van der Waals surface area contributed by atoms with E-state index in [1.54, 1.807) is 20.8 Å². The summed E-state index contributed by atoms with van der Waals surface area (Å²) in [5.41, 5.74) is -0.968. The van der Waals surface area contributed by atoms with E-state index in [4.69, 9.17) is 9.47 Å². The highest BCUT2D eigenvalue weighted by Crippen LogP contribution is 2.21. The smallest absolute Gasteiger partial charge is 0.331 e. The predicted molar refractivity (Wildman–Crippen MR) is 67.8 cm³/mol. The van der Waals surface area contributed by atoms with Crippen LogP contribution in [-0.4, -0.2) is 18.7 Å². The summed E-state index contributed by atoms with van der Waals surface area (Å²) in [5.74, 6) is -2.21. The molecule has 1 aromatic rings. The van der Waals surface area contributed by atoms with Gasteiger partial charge in [-0.05, 0) is 26.8 Å². The Morgan fingerprint density at radius 1 is 1.21 bits per heavy atom. The molecule has 0 aliphatic carbocycles. The van der Waals surface area contributed by atoms with Gasteiger partial charge in [-0.2, -0.15) is 0 Å². The number of methoxy groups -OCH3 is 1. The van der Waals surface area contributed by atoms with Crippen molar-refractivity contribution in [1.82, 2.24) is 0 Å². The molecule has 0 radical (unpaired) electrons. The fraction of sp³-hybridized carbons (Fsp3) is 0.357. The van der Waals surface area contributed by atoms with E-state index in [0.29, 0.717) is 0 Å². The molecule has 0 saturated carbocycles. The fourth-order valence-electron chi connectivity index (χ4n) is 1.33. The molecular formula is C14H16F2O3. The van der Waals surface area contributed by atoms with Crippen LogP contribution in [0.5, 0.6) is 5.75 Å². The third kappa shape index (κ3) is 4.69. The zero-order chi connectivity index (χ0) is 14.6. The molecule has 0 saturated heterocycles. The number of carbonyl (C=O) groups is 1. The summed E-state index contributed by atoms with van der Waals surface area (Å²) in [6.45, 7) is 5.11. The van der Waals surface area contributed by atoms with Crippen LogP contribution in [0.25, 0.3) is 6.08 Å². The second-order valence-corrected chi connectivity index (χ2v) is 4.87. The van der Waals surface area contributed by atoms with Gasteiger partial charge in [0.25, 0.3) is 0 Å². The second-order valence-electron chi connectivity index (χ2n) is 4.87. The topological polar surface area (TPSA) is 35.5 Å². The Balaban J connectivity index is 2.91. The summed E-state index contributed by atoms with van der Waals surface area (Å²) in [6.07, 6.45) is 2.03. The molecule has 0 fully saturated rings. The minimum absolute atomic E-state index is 0.0735. The van der Waals surface area contributed by atoms with Gasteiger partial charge in [-0.25, -0.2) is 13.6 Å². The maximum atomic E-state index is 13.6. The molecule has 3 nitrogen and oxygen atoms in total. The van der Waals surface area contributed by atoms with Crippen LogP contribution < -0.4 is 4.74 Å². The summed E-state index contributed by atoms with van der Waals surface area (Å²) < 4.78 is 36.8. The lowest BCUT2D eigenvalue weighted by Gasteiger charge is -2.17. The summed E-state index contributed by atoms with van der Waals surface area (Å²) in [6, 6.07) is 2.08. The minimum Gasteiger partial charge on any atom is -0.497 e. The number of carbonyl (C=O) groups excluding carboxylic acids is 1. The monoisotopic (exact) mass is 270 g/mol. The largest absolute Gasteiger partial charge is 0.497 e. The van der Waals surface area contributed by atoms with Gasteiger partial charge in [0, 0.05) is 23.8 Å². The van der Waals surface area contributed by atoms with Crippen molar-refractivity contribution in [2.45, 2.75) is 26.4 Å². The predicted octanol–water partition coefficient (Wildman–Crippen LogP) is 3.33. The van der Waals surface area contributed by atoms with E-state index in [-0.39, 0.29) is 11.3 Å². The quantitative estimate of drug-likeness (QED) is 0.624. The number of ether oxygens (including phenoxy) is 2. The zero-order valence-electron chi connectivity index (χ0n) is 11.3. The van der Waals surface area contributed by atoms with Gasteiger partial charge in [0.2, 0.25) is 0 Å². The van der Waals surface area contributed by atoms with Crippen LogP contribution in [-0.2, 0) is 9.53 Å². The third-order valence-corrected chi connectivity index (χ3v) is 2.08. The summed E-state index contributed by atoms with van der Waals surface area (Å²) in [5, 5.41) is 0. The number of rotatable bonds is 3. The van der Waals surface area contributed by atoms with Crippen molar-refractivity contribution >= 4 is 12.0 Å². The summed E-state index contributed by atoms with van der Waals surface area (Å²) in [7, 11) is 1.31. The lowest BCUT2D eigenvalue weighted by atomic mass is 10.1. The van der Waals surface area contributed by atoms with E-state index in [2.05, 4.69) is 0 Å². The van der Waals surface area contributed by atoms with Crippen molar-refractivity contribution in [2.24, 2.45) is 0 Å². The van der Waals surface area contributed by atoms with Crippen LogP contribution in [0.1, 0.15) is 26.3 Å². The van der Waals surface area contributed by atoms with Gasteiger partial charge in [0.1, 0.15) is 23.0 Å². The van der Waals surface area contributed by atoms with Crippen LogP contribution in [0.4, 0.5) is 8.78 Å². The van der Waals surface area contributed by atoms with Crippen LogP contribution in [0.3, 0.4) is 0 Å². The number of hydrogen-bond acceptors (Lipinski definition) is 3. The molecule has 0 N–H and O–H groups in total. The molecule has 19 heavy (non-hydrogen) atoms. The molecule has 0 aliphatic rings.